The van der Waals surface area contributed by atoms with E-state index < -0.39 is 11.6 Å². The van der Waals surface area contributed by atoms with Crippen molar-refractivity contribution in [3.63, 3.8) is 0 Å². The Balaban J connectivity index is 2.28. The highest BCUT2D eigenvalue weighted by Crippen LogP contribution is 2.23. The Labute approximate surface area is 134 Å². The third-order valence-electron chi connectivity index (χ3n) is 3.61. The molecule has 0 bridgehead atoms. The van der Waals surface area contributed by atoms with Gasteiger partial charge in [0.25, 0.3) is 0 Å². The van der Waals surface area contributed by atoms with E-state index >= 15 is 0 Å². The average Bonchev–Trinajstić information content (AvgIpc) is 2.85. The van der Waals surface area contributed by atoms with Crippen LogP contribution < -0.4 is 16.4 Å². The molecule has 0 unspecified atom stereocenters. The van der Waals surface area contributed by atoms with Crippen LogP contribution in [-0.4, -0.2) is 46.8 Å². The van der Waals surface area contributed by atoms with Gasteiger partial charge in [0.2, 0.25) is 0 Å². The lowest BCUT2D eigenvalue weighted by Crippen LogP contribution is -2.46. The number of rotatable bonds is 5. The van der Waals surface area contributed by atoms with E-state index in [0.717, 1.165) is 0 Å². The number of hydrogen-bond donors (Lipinski definition) is 3. The fraction of sp³-hybridized carbons (Fsp3) is 0.400. The summed E-state index contributed by atoms with van der Waals surface area (Å²) in [6.45, 7) is 7.23. The van der Waals surface area contributed by atoms with E-state index in [9.17, 15) is 9.90 Å². The molecule has 1 aliphatic heterocycles. The maximum absolute atomic E-state index is 11.7. The maximum Gasteiger partial charge on any atom is 0.415 e. The van der Waals surface area contributed by atoms with Crippen molar-refractivity contribution >= 4 is 23.6 Å². The van der Waals surface area contributed by atoms with Gasteiger partial charge in [0.15, 0.2) is 5.82 Å². The molecule has 2 rings (SSSR count). The van der Waals surface area contributed by atoms with E-state index in [-0.39, 0.29) is 18.5 Å². The van der Waals surface area contributed by atoms with Gasteiger partial charge in [0.1, 0.15) is 18.3 Å². The van der Waals surface area contributed by atoms with Gasteiger partial charge in [-0.25, -0.2) is 14.8 Å². The Kier molecular flexibility index (Phi) is 4.67. The van der Waals surface area contributed by atoms with Gasteiger partial charge in [-0.1, -0.05) is 12.6 Å². The number of aliphatic imine (C=N–C) groups is 1. The normalized spacial score (nSPS) is 21.0. The van der Waals surface area contributed by atoms with E-state index in [4.69, 9.17) is 16.2 Å². The van der Waals surface area contributed by atoms with Crippen LogP contribution in [0.4, 0.5) is 16.4 Å². The number of nitrogens with two attached hydrogens (primary N) is 2. The van der Waals surface area contributed by atoms with Gasteiger partial charge in [0.05, 0.1) is 18.2 Å². The smallest absolute Gasteiger partial charge is 0.415 e. The molecule has 0 spiro atoms. The zero-order chi connectivity index (χ0) is 17.2. The van der Waals surface area contributed by atoms with Crippen LogP contribution in [0.3, 0.4) is 0 Å². The minimum atomic E-state index is -1.07. The first-order valence-corrected chi connectivity index (χ1v) is 7.13. The molecule has 2 atom stereocenters. The molecule has 1 fully saturated rings. The molecule has 1 saturated heterocycles. The summed E-state index contributed by atoms with van der Waals surface area (Å²) < 4.78 is 4.98. The molecule has 1 aromatic rings. The second-order valence-corrected chi connectivity index (χ2v) is 5.70. The van der Waals surface area contributed by atoms with Crippen LogP contribution in [0.25, 0.3) is 0 Å². The highest BCUT2D eigenvalue weighted by Gasteiger charge is 2.32. The summed E-state index contributed by atoms with van der Waals surface area (Å²) in [7, 11) is 0. The molecule has 0 aliphatic carbocycles. The van der Waals surface area contributed by atoms with Crippen molar-refractivity contribution in [3.8, 4) is 0 Å². The number of aromatic nitrogens is 1. The highest BCUT2D eigenvalue weighted by molar-refractivity contribution is 5.99. The van der Waals surface area contributed by atoms with Gasteiger partial charge in [0, 0.05) is 5.57 Å². The second kappa shape index (κ2) is 6.35. The zero-order valence-electron chi connectivity index (χ0n) is 13.2. The van der Waals surface area contributed by atoms with Gasteiger partial charge in [-0.05, 0) is 26.0 Å². The predicted molar refractivity (Wildman–Crippen MR) is 87.6 cm³/mol. The fourth-order valence-electron chi connectivity index (χ4n) is 2.02. The van der Waals surface area contributed by atoms with Crippen molar-refractivity contribution in [1.29, 1.82) is 0 Å². The van der Waals surface area contributed by atoms with E-state index in [1.165, 1.54) is 4.90 Å². The molecule has 23 heavy (non-hydrogen) atoms. The van der Waals surface area contributed by atoms with Crippen LogP contribution in [0.5, 0.6) is 0 Å². The Hall–Kier alpha value is -2.45. The molecule has 1 aromatic heterocycles. The lowest BCUT2D eigenvalue weighted by atomic mass is 9.94. The van der Waals surface area contributed by atoms with Crippen molar-refractivity contribution in [2.75, 3.05) is 18.1 Å². The van der Waals surface area contributed by atoms with E-state index in [1.807, 2.05) is 6.92 Å². The summed E-state index contributed by atoms with van der Waals surface area (Å²) in [4.78, 5) is 21.7. The summed E-state index contributed by atoms with van der Waals surface area (Å²) in [5.74, 6) is 0.810. The number of amidine groups is 1. The van der Waals surface area contributed by atoms with Gasteiger partial charge in [-0.3, -0.25) is 4.90 Å². The number of hydrogen-bond acceptors (Lipinski definition) is 6. The number of cyclic esters (lactones) is 1. The molecule has 0 aromatic carbocycles. The van der Waals surface area contributed by atoms with E-state index in [0.29, 0.717) is 23.8 Å². The first-order valence-electron chi connectivity index (χ1n) is 7.13. The van der Waals surface area contributed by atoms with Crippen LogP contribution in [0.1, 0.15) is 13.8 Å². The standard InChI is InChI=1S/C15H21N5O3/c1-9-7-23-14(22)20(9)12-6-4-5-11(18-12)19-13(16)10(2)15(3,17)8-21/h4-6,9,21H,2,7-8,17H2,1,3H3,(H2,16,18,19)/t9-,15-/m0/s1. The second-order valence-electron chi connectivity index (χ2n) is 5.70. The Morgan fingerprint density at radius 3 is 2.91 bits per heavy atom. The molecule has 2 heterocycles. The third-order valence-corrected chi connectivity index (χ3v) is 3.61. The molecule has 5 N–H and O–H groups in total. The Bertz CT molecular complexity index is 656. The number of nitrogens with zero attached hydrogens (tertiary/aromatic N) is 3. The van der Waals surface area contributed by atoms with Crippen molar-refractivity contribution in [2.24, 2.45) is 16.5 Å². The number of aliphatic hydroxyl groups excluding tert-OH is 1. The first-order chi connectivity index (χ1) is 10.8. The number of amides is 1. The van der Waals surface area contributed by atoms with Crippen molar-refractivity contribution in [2.45, 2.75) is 25.4 Å². The number of anilines is 1. The summed E-state index contributed by atoms with van der Waals surface area (Å²) in [6.07, 6.45) is -0.446. The van der Waals surface area contributed by atoms with Crippen molar-refractivity contribution < 1.29 is 14.6 Å². The molecule has 8 nitrogen and oxygen atoms in total. The largest absolute Gasteiger partial charge is 0.447 e. The zero-order valence-corrected chi connectivity index (χ0v) is 13.2. The summed E-state index contributed by atoms with van der Waals surface area (Å²) in [6, 6.07) is 4.93. The van der Waals surface area contributed by atoms with Crippen molar-refractivity contribution in [1.82, 2.24) is 4.98 Å². The topological polar surface area (TPSA) is 127 Å². The minimum Gasteiger partial charge on any atom is -0.447 e. The Morgan fingerprint density at radius 1 is 1.65 bits per heavy atom. The third kappa shape index (κ3) is 3.49. The monoisotopic (exact) mass is 319 g/mol. The molecule has 0 radical (unpaired) electrons. The molecular formula is C15H21N5O3. The summed E-state index contributed by atoms with van der Waals surface area (Å²) in [5.41, 5.74) is 11.0. The quantitative estimate of drug-likeness (QED) is 0.541. The average molecular weight is 319 g/mol. The van der Waals surface area contributed by atoms with Crippen LogP contribution in [0, 0.1) is 0 Å². The molecule has 8 heteroatoms. The van der Waals surface area contributed by atoms with E-state index in [2.05, 4.69) is 16.6 Å². The molecule has 1 aliphatic rings. The van der Waals surface area contributed by atoms with Crippen LogP contribution in [0.2, 0.25) is 0 Å². The summed E-state index contributed by atoms with van der Waals surface area (Å²) in [5, 5.41) is 9.26. The number of pyridine rings is 1. The van der Waals surface area contributed by atoms with E-state index in [1.54, 1.807) is 25.1 Å². The predicted octanol–water partition coefficient (Wildman–Crippen LogP) is 0.681. The Morgan fingerprint density at radius 2 is 2.35 bits per heavy atom. The van der Waals surface area contributed by atoms with Gasteiger partial charge in [-0.2, -0.15) is 0 Å². The van der Waals surface area contributed by atoms with Crippen molar-refractivity contribution in [3.05, 3.63) is 30.4 Å². The molecular weight excluding hydrogens is 298 g/mol. The number of aliphatic hydroxyl groups is 1. The van der Waals surface area contributed by atoms with Crippen LogP contribution >= 0.6 is 0 Å². The van der Waals surface area contributed by atoms with Crippen LogP contribution in [0.15, 0.2) is 35.3 Å². The minimum absolute atomic E-state index is 0.0748. The lowest BCUT2D eigenvalue weighted by Gasteiger charge is -2.24. The lowest BCUT2D eigenvalue weighted by molar-refractivity contribution is 0.179. The molecule has 124 valence electrons. The number of ether oxygens (including phenoxy) is 1. The molecule has 1 amide bonds. The first kappa shape index (κ1) is 16.9. The van der Waals surface area contributed by atoms with Gasteiger partial charge in [-0.15, -0.1) is 0 Å². The maximum atomic E-state index is 11.7. The summed E-state index contributed by atoms with van der Waals surface area (Å²) >= 11 is 0. The van der Waals surface area contributed by atoms with Crippen LogP contribution in [-0.2, 0) is 4.74 Å². The van der Waals surface area contributed by atoms with Gasteiger partial charge >= 0.3 is 6.09 Å². The van der Waals surface area contributed by atoms with Gasteiger partial charge < -0.3 is 21.3 Å². The number of carbonyl (C=O) groups excluding carboxylic acids is 1. The number of carbonyl (C=O) groups is 1. The highest BCUT2D eigenvalue weighted by atomic mass is 16.6. The SMILES string of the molecule is C=C(C(N)=Nc1cccc(N2C(=O)OC[C@@H]2C)n1)[C@@](C)(N)CO. The fourth-order valence-corrected chi connectivity index (χ4v) is 2.02. The molecule has 0 saturated carbocycles.